The second kappa shape index (κ2) is 5.97. The van der Waals surface area contributed by atoms with Crippen LogP contribution in [-0.4, -0.2) is 16.1 Å². The lowest BCUT2D eigenvalue weighted by molar-refractivity contribution is 0.0700. The highest BCUT2D eigenvalue weighted by atomic mass is 32.1. The number of carboxylic acids is 1. The van der Waals surface area contributed by atoms with Crippen molar-refractivity contribution >= 4 is 17.3 Å². The number of thiazole rings is 1. The molecular weight excluding hydrogens is 258 g/mol. The normalized spacial score (nSPS) is 10.6. The third kappa shape index (κ3) is 3.20. The van der Waals surface area contributed by atoms with Gasteiger partial charge in [0.15, 0.2) is 0 Å². The van der Waals surface area contributed by atoms with Crippen LogP contribution in [0.15, 0.2) is 24.3 Å². The van der Waals surface area contributed by atoms with Gasteiger partial charge in [-0.05, 0) is 19.8 Å². The molecule has 100 valence electrons. The number of nitrogens with zero attached hydrogens (tertiary/aromatic N) is 1. The zero-order valence-electron chi connectivity index (χ0n) is 11.1. The number of aryl methyl sites for hydroxylation is 2. The van der Waals surface area contributed by atoms with Crippen LogP contribution in [0.2, 0.25) is 0 Å². The van der Waals surface area contributed by atoms with Gasteiger partial charge >= 0.3 is 5.97 Å². The molecule has 0 saturated carbocycles. The molecule has 0 aliphatic rings. The van der Waals surface area contributed by atoms with E-state index in [4.69, 9.17) is 0 Å². The number of benzene rings is 1. The van der Waals surface area contributed by atoms with Crippen LogP contribution in [0.25, 0.3) is 10.6 Å². The highest BCUT2D eigenvalue weighted by Gasteiger charge is 2.17. The molecule has 1 N–H and O–H groups in total. The van der Waals surface area contributed by atoms with E-state index in [0.717, 1.165) is 35.5 Å². The van der Waals surface area contributed by atoms with Crippen molar-refractivity contribution in [2.45, 2.75) is 33.1 Å². The van der Waals surface area contributed by atoms with Gasteiger partial charge in [0, 0.05) is 5.56 Å². The summed E-state index contributed by atoms with van der Waals surface area (Å²) in [6.07, 6.45) is 2.74. The van der Waals surface area contributed by atoms with Crippen molar-refractivity contribution in [1.29, 1.82) is 0 Å². The number of carboxylic acid groups (broad SMARTS) is 1. The van der Waals surface area contributed by atoms with Crippen LogP contribution in [0.3, 0.4) is 0 Å². The van der Waals surface area contributed by atoms with Gasteiger partial charge in [0.05, 0.1) is 5.69 Å². The number of aromatic carboxylic acids is 1. The van der Waals surface area contributed by atoms with Crippen molar-refractivity contribution in [3.8, 4) is 10.6 Å². The summed E-state index contributed by atoms with van der Waals surface area (Å²) in [5.74, 6) is -0.873. The Hall–Kier alpha value is -1.68. The molecule has 0 spiro atoms. The Labute approximate surface area is 116 Å². The maximum absolute atomic E-state index is 11.3. The van der Waals surface area contributed by atoms with Gasteiger partial charge in [-0.15, -0.1) is 11.3 Å². The van der Waals surface area contributed by atoms with Gasteiger partial charge in [0.2, 0.25) is 0 Å². The van der Waals surface area contributed by atoms with Crippen LogP contribution in [0, 0.1) is 6.92 Å². The summed E-state index contributed by atoms with van der Waals surface area (Å²) < 4.78 is 0. The zero-order valence-corrected chi connectivity index (χ0v) is 12.0. The van der Waals surface area contributed by atoms with E-state index in [1.807, 2.05) is 31.2 Å². The van der Waals surface area contributed by atoms with Crippen molar-refractivity contribution in [2.24, 2.45) is 0 Å². The van der Waals surface area contributed by atoms with Gasteiger partial charge in [0.25, 0.3) is 0 Å². The van der Waals surface area contributed by atoms with E-state index in [1.165, 1.54) is 16.9 Å². The Bertz CT molecular complexity index is 572. The molecule has 0 fully saturated rings. The molecule has 2 aromatic rings. The van der Waals surface area contributed by atoms with Crippen molar-refractivity contribution in [1.82, 2.24) is 4.98 Å². The largest absolute Gasteiger partial charge is 0.477 e. The molecule has 0 aliphatic carbocycles. The molecule has 0 unspecified atom stereocenters. The smallest absolute Gasteiger partial charge is 0.347 e. The van der Waals surface area contributed by atoms with Gasteiger partial charge in [-0.2, -0.15) is 0 Å². The quantitative estimate of drug-likeness (QED) is 0.891. The average Bonchev–Trinajstić information content (AvgIpc) is 2.81. The highest BCUT2D eigenvalue weighted by Crippen LogP contribution is 2.29. The van der Waals surface area contributed by atoms with Gasteiger partial charge in [0.1, 0.15) is 9.88 Å². The van der Waals surface area contributed by atoms with Gasteiger partial charge in [-0.1, -0.05) is 43.2 Å². The van der Waals surface area contributed by atoms with Crippen LogP contribution in [0.4, 0.5) is 0 Å². The van der Waals surface area contributed by atoms with E-state index in [0.29, 0.717) is 4.88 Å². The van der Waals surface area contributed by atoms with Gasteiger partial charge in [-0.3, -0.25) is 0 Å². The number of rotatable bonds is 5. The third-order valence-corrected chi connectivity index (χ3v) is 4.09. The average molecular weight is 275 g/mol. The summed E-state index contributed by atoms with van der Waals surface area (Å²) in [5, 5.41) is 10.0. The Balaban J connectivity index is 2.36. The topological polar surface area (TPSA) is 50.2 Å². The number of carbonyl (C=O) groups is 1. The lowest BCUT2D eigenvalue weighted by Gasteiger charge is -1.97. The minimum atomic E-state index is -0.873. The monoisotopic (exact) mass is 275 g/mol. The van der Waals surface area contributed by atoms with Crippen molar-refractivity contribution in [3.63, 3.8) is 0 Å². The van der Waals surface area contributed by atoms with Crippen LogP contribution in [0.5, 0.6) is 0 Å². The Morgan fingerprint density at radius 2 is 2.00 bits per heavy atom. The lowest BCUT2D eigenvalue weighted by Crippen LogP contribution is -1.98. The summed E-state index contributed by atoms with van der Waals surface area (Å²) in [7, 11) is 0. The fraction of sp³-hybridized carbons (Fsp3) is 0.333. The van der Waals surface area contributed by atoms with E-state index in [1.54, 1.807) is 0 Å². The molecule has 1 aromatic heterocycles. The summed E-state index contributed by atoms with van der Waals surface area (Å²) in [5.41, 5.74) is 2.89. The predicted octanol–water partition coefficient (Wildman–Crippen LogP) is 4.16. The molecule has 0 bridgehead atoms. The van der Waals surface area contributed by atoms with E-state index < -0.39 is 5.97 Å². The molecule has 3 nitrogen and oxygen atoms in total. The van der Waals surface area contributed by atoms with E-state index in [-0.39, 0.29) is 0 Å². The molecule has 0 saturated heterocycles. The molecule has 0 radical (unpaired) electrons. The van der Waals surface area contributed by atoms with E-state index in [9.17, 15) is 9.90 Å². The summed E-state index contributed by atoms with van der Waals surface area (Å²) >= 11 is 1.27. The molecule has 1 aromatic carbocycles. The Morgan fingerprint density at radius 1 is 1.32 bits per heavy atom. The maximum atomic E-state index is 11.3. The molecule has 0 aliphatic heterocycles. The number of unbranched alkanes of at least 4 members (excludes halogenated alkanes) is 1. The Morgan fingerprint density at radius 3 is 2.58 bits per heavy atom. The van der Waals surface area contributed by atoms with Crippen molar-refractivity contribution < 1.29 is 9.90 Å². The fourth-order valence-electron chi connectivity index (χ4n) is 1.85. The second-order valence-electron chi connectivity index (χ2n) is 4.57. The summed E-state index contributed by atoms with van der Waals surface area (Å²) in [6, 6.07) is 8.01. The molecule has 0 amide bonds. The van der Waals surface area contributed by atoms with Crippen LogP contribution < -0.4 is 0 Å². The van der Waals surface area contributed by atoms with Gasteiger partial charge in [-0.25, -0.2) is 9.78 Å². The fourth-order valence-corrected chi connectivity index (χ4v) is 2.81. The maximum Gasteiger partial charge on any atom is 0.347 e. The number of hydrogen-bond acceptors (Lipinski definition) is 3. The summed E-state index contributed by atoms with van der Waals surface area (Å²) in [6.45, 7) is 4.12. The molecular formula is C15H17NO2S. The third-order valence-electron chi connectivity index (χ3n) is 2.96. The lowest BCUT2D eigenvalue weighted by atomic mass is 10.1. The first-order valence-electron chi connectivity index (χ1n) is 6.42. The molecule has 2 rings (SSSR count). The minimum absolute atomic E-state index is 0.379. The standard InChI is InChI=1S/C15H17NO2S/c1-3-4-5-12-13(15(17)18)19-14(16-12)11-8-6-10(2)7-9-11/h6-9H,3-5H2,1-2H3,(H,17,18). The van der Waals surface area contributed by atoms with E-state index >= 15 is 0 Å². The van der Waals surface area contributed by atoms with Crippen molar-refractivity contribution in [3.05, 3.63) is 40.4 Å². The first kappa shape index (κ1) is 13.7. The number of hydrogen-bond donors (Lipinski definition) is 1. The molecule has 4 heteroatoms. The molecule has 0 atom stereocenters. The van der Waals surface area contributed by atoms with Crippen LogP contribution in [-0.2, 0) is 6.42 Å². The van der Waals surface area contributed by atoms with Gasteiger partial charge < -0.3 is 5.11 Å². The van der Waals surface area contributed by atoms with E-state index in [2.05, 4.69) is 11.9 Å². The molecule has 1 heterocycles. The minimum Gasteiger partial charge on any atom is -0.477 e. The second-order valence-corrected chi connectivity index (χ2v) is 5.57. The molecule has 19 heavy (non-hydrogen) atoms. The first-order valence-corrected chi connectivity index (χ1v) is 7.23. The predicted molar refractivity (Wildman–Crippen MR) is 77.9 cm³/mol. The summed E-state index contributed by atoms with van der Waals surface area (Å²) in [4.78, 5) is 16.1. The van der Waals surface area contributed by atoms with Crippen molar-refractivity contribution in [2.75, 3.05) is 0 Å². The zero-order chi connectivity index (χ0) is 13.8. The van der Waals surface area contributed by atoms with Crippen LogP contribution in [0.1, 0.15) is 40.7 Å². The first-order chi connectivity index (χ1) is 9.11. The number of aromatic nitrogens is 1. The highest BCUT2D eigenvalue weighted by molar-refractivity contribution is 7.17. The Kier molecular flexibility index (Phi) is 4.32. The van der Waals surface area contributed by atoms with Crippen LogP contribution >= 0.6 is 11.3 Å². The SMILES string of the molecule is CCCCc1nc(-c2ccc(C)cc2)sc1C(=O)O.